The van der Waals surface area contributed by atoms with Crippen LogP contribution in [0, 0.1) is 23.4 Å². The van der Waals surface area contributed by atoms with Crippen LogP contribution in [0.3, 0.4) is 0 Å². The molecule has 0 saturated carbocycles. The lowest BCUT2D eigenvalue weighted by atomic mass is 9.89. The third kappa shape index (κ3) is 3.79. The fourth-order valence-electron chi connectivity index (χ4n) is 3.13. The molecular weight excluding hydrogens is 385 g/mol. The number of hydrogen-bond acceptors (Lipinski definition) is 4. The van der Waals surface area contributed by atoms with Crippen LogP contribution >= 0.6 is 0 Å². The maximum atomic E-state index is 13.8. The number of amides is 1. The summed E-state index contributed by atoms with van der Waals surface area (Å²) in [5.74, 6) is -3.63. The van der Waals surface area contributed by atoms with Gasteiger partial charge >= 0.3 is 5.56 Å². The largest absolute Gasteiger partial charge is 0.325 e. The number of rotatable bonds is 4. The Morgan fingerprint density at radius 3 is 2.59 bits per heavy atom. The van der Waals surface area contributed by atoms with Crippen LogP contribution in [0.5, 0.6) is 0 Å². The van der Waals surface area contributed by atoms with E-state index in [2.05, 4.69) is 15.3 Å². The van der Waals surface area contributed by atoms with E-state index in [9.17, 15) is 22.8 Å². The molecular formula is C20H13F3N4O2. The molecule has 1 N–H and O–H groups in total. The fourth-order valence-corrected chi connectivity index (χ4v) is 3.13. The van der Waals surface area contributed by atoms with Gasteiger partial charge in [-0.15, -0.1) is 0 Å². The third-order valence-electron chi connectivity index (χ3n) is 4.41. The van der Waals surface area contributed by atoms with Gasteiger partial charge in [0.25, 0.3) is 5.91 Å². The smallest absolute Gasteiger partial charge is 0.310 e. The second kappa shape index (κ2) is 7.34. The number of fused-ring (bicyclic) bond motifs is 1. The summed E-state index contributed by atoms with van der Waals surface area (Å²) >= 11 is 0. The van der Waals surface area contributed by atoms with Gasteiger partial charge in [-0.05, 0) is 35.4 Å². The summed E-state index contributed by atoms with van der Waals surface area (Å²) in [6.45, 7) is -0.146. The van der Waals surface area contributed by atoms with Gasteiger partial charge in [0.15, 0.2) is 0 Å². The third-order valence-corrected chi connectivity index (χ3v) is 4.41. The van der Waals surface area contributed by atoms with Crippen LogP contribution in [0.25, 0.3) is 0 Å². The predicted octanol–water partition coefficient (Wildman–Crippen LogP) is 2.73. The summed E-state index contributed by atoms with van der Waals surface area (Å²) in [5, 5.41) is 2.91. The zero-order valence-corrected chi connectivity index (χ0v) is 14.8. The zero-order valence-electron chi connectivity index (χ0n) is 14.8. The van der Waals surface area contributed by atoms with Gasteiger partial charge in [-0.25, -0.2) is 13.8 Å². The average Bonchev–Trinajstić information content (AvgIpc) is 2.66. The van der Waals surface area contributed by atoms with Crippen molar-refractivity contribution in [2.45, 2.75) is 6.54 Å². The lowest BCUT2D eigenvalue weighted by molar-refractivity contribution is -0.119. The van der Waals surface area contributed by atoms with Gasteiger partial charge in [0.1, 0.15) is 11.6 Å². The highest BCUT2D eigenvalue weighted by Gasteiger charge is 2.27. The topological polar surface area (TPSA) is 76.3 Å². The Morgan fingerprint density at radius 1 is 1.07 bits per heavy atom. The van der Waals surface area contributed by atoms with Crippen LogP contribution < -0.4 is 10.9 Å². The van der Waals surface area contributed by atoms with Crippen molar-refractivity contribution >= 4 is 18.1 Å². The number of carbonyl (C=O) groups excluding carboxylic acids is 1. The van der Waals surface area contributed by atoms with Crippen LogP contribution in [0.15, 0.2) is 69.8 Å². The molecule has 2 heterocycles. The zero-order chi connectivity index (χ0) is 20.5. The number of hydrogen-bond donors (Lipinski definition) is 1. The molecule has 0 spiro atoms. The van der Waals surface area contributed by atoms with E-state index in [1.807, 2.05) is 0 Å². The highest BCUT2D eigenvalue weighted by molar-refractivity contribution is 5.98. The summed E-state index contributed by atoms with van der Waals surface area (Å²) in [5.41, 5.74) is 0.196. The first-order valence-electron chi connectivity index (χ1n) is 8.56. The number of anilines is 1. The standard InChI is InChI=1S/C20H13F3N4O2/c21-12-6-11(7-13(22)8-12)9-27-10-16(23)19(29)26-20(27)25-17-3-1-2-15-14(17)4-5-24-18(15)28/h1-8,10,15H,9H2,(H,25,26,29). The summed E-state index contributed by atoms with van der Waals surface area (Å²) in [6.07, 6.45) is 8.90. The number of benzene rings is 1. The molecule has 0 fully saturated rings. The first-order chi connectivity index (χ1) is 13.9. The van der Waals surface area contributed by atoms with Crippen molar-refractivity contribution in [3.05, 3.63) is 93.3 Å². The van der Waals surface area contributed by atoms with Gasteiger partial charge in [0.05, 0.1) is 12.5 Å². The monoisotopic (exact) mass is 398 g/mol. The van der Waals surface area contributed by atoms with E-state index in [1.165, 1.54) is 10.8 Å². The number of aliphatic imine (C=N–C) groups is 1. The molecule has 1 aromatic carbocycles. The second-order valence-electron chi connectivity index (χ2n) is 6.43. The van der Waals surface area contributed by atoms with Gasteiger partial charge in [-0.3, -0.25) is 9.59 Å². The van der Waals surface area contributed by atoms with Crippen molar-refractivity contribution in [1.82, 2.24) is 9.55 Å². The van der Waals surface area contributed by atoms with Crippen molar-refractivity contribution in [1.29, 1.82) is 0 Å². The summed E-state index contributed by atoms with van der Waals surface area (Å²) < 4.78 is 42.1. The summed E-state index contributed by atoms with van der Waals surface area (Å²) in [7, 11) is 0. The number of nitrogens with zero attached hydrogens (tertiary/aromatic N) is 3. The molecule has 2 aromatic rings. The maximum Gasteiger partial charge on any atom is 0.310 e. The number of halogens is 3. The van der Waals surface area contributed by atoms with Crippen molar-refractivity contribution in [3.8, 4) is 0 Å². The van der Waals surface area contributed by atoms with E-state index in [-0.39, 0.29) is 24.0 Å². The first-order valence-corrected chi connectivity index (χ1v) is 8.56. The molecule has 2 aliphatic rings. The summed E-state index contributed by atoms with van der Waals surface area (Å²) in [6, 6.07) is 2.92. The van der Waals surface area contributed by atoms with E-state index in [1.54, 1.807) is 24.3 Å². The number of allylic oxidation sites excluding steroid dienone is 4. The Bertz CT molecular complexity index is 1170. The van der Waals surface area contributed by atoms with Gasteiger partial charge in [-0.2, -0.15) is 9.37 Å². The molecule has 6 nitrogen and oxygen atoms in total. The average molecular weight is 398 g/mol. The van der Waals surface area contributed by atoms with Crippen LogP contribution in [-0.4, -0.2) is 21.7 Å². The quantitative estimate of drug-likeness (QED) is 0.859. The number of carbonyl (C=O) groups is 1. The molecule has 0 radical (unpaired) electrons. The van der Waals surface area contributed by atoms with Gasteiger partial charge in [0, 0.05) is 24.2 Å². The molecule has 29 heavy (non-hydrogen) atoms. The minimum absolute atomic E-state index is 0.0442. The normalized spacial score (nSPS) is 17.6. The number of aromatic nitrogens is 2. The van der Waals surface area contributed by atoms with Crippen molar-refractivity contribution < 1.29 is 18.0 Å². The Morgan fingerprint density at radius 2 is 1.83 bits per heavy atom. The molecule has 0 bridgehead atoms. The van der Waals surface area contributed by atoms with Gasteiger partial charge < -0.3 is 9.88 Å². The van der Waals surface area contributed by atoms with Crippen LogP contribution in [0.4, 0.5) is 19.1 Å². The van der Waals surface area contributed by atoms with E-state index in [0.29, 0.717) is 11.3 Å². The van der Waals surface area contributed by atoms with Crippen molar-refractivity contribution in [2.75, 3.05) is 5.32 Å². The Balaban J connectivity index is 1.71. The Hall–Kier alpha value is -3.75. The highest BCUT2D eigenvalue weighted by atomic mass is 19.1. The maximum absolute atomic E-state index is 13.8. The minimum Gasteiger partial charge on any atom is -0.325 e. The van der Waals surface area contributed by atoms with Crippen LogP contribution in [0.1, 0.15) is 5.56 Å². The molecule has 1 aromatic heterocycles. The second-order valence-corrected chi connectivity index (χ2v) is 6.43. The lowest BCUT2D eigenvalue weighted by Crippen LogP contribution is -2.25. The Kier molecular flexibility index (Phi) is 4.71. The predicted molar refractivity (Wildman–Crippen MR) is 99.8 cm³/mol. The van der Waals surface area contributed by atoms with Gasteiger partial charge in [-0.1, -0.05) is 12.2 Å². The first kappa shape index (κ1) is 18.6. The molecule has 0 saturated heterocycles. The molecule has 9 heteroatoms. The van der Waals surface area contributed by atoms with E-state index in [4.69, 9.17) is 0 Å². The molecule has 1 aliphatic carbocycles. The summed E-state index contributed by atoms with van der Waals surface area (Å²) in [4.78, 5) is 31.1. The minimum atomic E-state index is -1.11. The molecule has 1 aliphatic heterocycles. The van der Waals surface area contributed by atoms with Crippen molar-refractivity contribution in [3.63, 3.8) is 0 Å². The highest BCUT2D eigenvalue weighted by Crippen LogP contribution is 2.29. The lowest BCUT2D eigenvalue weighted by Gasteiger charge is -2.24. The van der Waals surface area contributed by atoms with E-state index < -0.39 is 28.9 Å². The molecule has 1 atom stereocenters. The van der Waals surface area contributed by atoms with E-state index in [0.717, 1.165) is 24.4 Å². The molecule has 146 valence electrons. The van der Waals surface area contributed by atoms with Gasteiger partial charge in [0.2, 0.25) is 11.8 Å². The fraction of sp³-hybridized carbons (Fsp3) is 0.100. The number of nitrogens with one attached hydrogen (secondary N) is 1. The van der Waals surface area contributed by atoms with Crippen LogP contribution in [0.2, 0.25) is 0 Å². The van der Waals surface area contributed by atoms with Crippen molar-refractivity contribution in [2.24, 2.45) is 10.9 Å². The molecule has 4 rings (SSSR count). The van der Waals surface area contributed by atoms with Crippen LogP contribution in [-0.2, 0) is 11.3 Å². The molecule has 1 amide bonds. The van der Waals surface area contributed by atoms with E-state index >= 15 is 0 Å². The molecule has 1 unspecified atom stereocenters. The SMILES string of the molecule is O=C1N=CC=C2C(Nc3nc(=O)c(F)cn3Cc3cc(F)cc(F)c3)=CC=CC12. The number of dihydropyridines is 1. The Labute approximate surface area is 162 Å².